The highest BCUT2D eigenvalue weighted by Gasteiger charge is 2.20. The molecule has 1 heteroatoms. The van der Waals surface area contributed by atoms with Gasteiger partial charge in [-0.3, -0.25) is 4.99 Å². The quantitative estimate of drug-likeness (QED) is 0.593. The predicted molar refractivity (Wildman–Crippen MR) is 65.7 cm³/mol. The summed E-state index contributed by atoms with van der Waals surface area (Å²) in [5, 5.41) is 0. The maximum absolute atomic E-state index is 4.43. The van der Waals surface area contributed by atoms with Crippen LogP contribution in [0, 0.1) is 17.3 Å². The third kappa shape index (κ3) is 4.08. The SMILES string of the molecule is C/C=N\C(=C/C(C)(C)C(C)C)C(C)C. The summed E-state index contributed by atoms with van der Waals surface area (Å²) in [5.74, 6) is 1.15. The Balaban J connectivity index is 4.90. The molecule has 0 aromatic carbocycles. The zero-order valence-electron chi connectivity index (χ0n) is 10.8. The predicted octanol–water partition coefficient (Wildman–Crippen LogP) is 4.30. The molecule has 0 fully saturated rings. The Morgan fingerprint density at radius 1 is 1.14 bits per heavy atom. The Hall–Kier alpha value is -0.590. The molecular weight excluding hydrogens is 170 g/mol. The smallest absolute Gasteiger partial charge is 0.0390 e. The average molecular weight is 195 g/mol. The lowest BCUT2D eigenvalue weighted by Crippen LogP contribution is -2.17. The topological polar surface area (TPSA) is 12.4 Å². The highest BCUT2D eigenvalue weighted by molar-refractivity contribution is 5.55. The summed E-state index contributed by atoms with van der Waals surface area (Å²) in [5.41, 5.74) is 1.43. The van der Waals surface area contributed by atoms with Crippen molar-refractivity contribution in [1.82, 2.24) is 0 Å². The Morgan fingerprint density at radius 3 is 1.93 bits per heavy atom. The maximum Gasteiger partial charge on any atom is 0.0390 e. The van der Waals surface area contributed by atoms with Crippen LogP contribution in [0.25, 0.3) is 0 Å². The van der Waals surface area contributed by atoms with E-state index in [0.29, 0.717) is 11.8 Å². The monoisotopic (exact) mass is 195 g/mol. The van der Waals surface area contributed by atoms with Crippen molar-refractivity contribution in [3.8, 4) is 0 Å². The van der Waals surface area contributed by atoms with Crippen LogP contribution in [0.15, 0.2) is 16.8 Å². The largest absolute Gasteiger partial charge is 0.266 e. The lowest BCUT2D eigenvalue weighted by atomic mass is 9.79. The van der Waals surface area contributed by atoms with Gasteiger partial charge in [0.15, 0.2) is 0 Å². The molecule has 0 aliphatic rings. The van der Waals surface area contributed by atoms with Gasteiger partial charge in [-0.25, -0.2) is 0 Å². The highest BCUT2D eigenvalue weighted by atomic mass is 14.7. The van der Waals surface area contributed by atoms with E-state index >= 15 is 0 Å². The molecule has 0 atom stereocenters. The van der Waals surface area contributed by atoms with Gasteiger partial charge in [-0.15, -0.1) is 0 Å². The van der Waals surface area contributed by atoms with Crippen molar-refractivity contribution in [3.63, 3.8) is 0 Å². The zero-order chi connectivity index (χ0) is 11.4. The second-order valence-corrected chi connectivity index (χ2v) is 5.09. The summed E-state index contributed by atoms with van der Waals surface area (Å²) in [4.78, 5) is 4.43. The Bertz CT molecular complexity index is 219. The first-order chi connectivity index (χ1) is 6.31. The minimum absolute atomic E-state index is 0.228. The van der Waals surface area contributed by atoms with Crippen LogP contribution >= 0.6 is 0 Å². The molecule has 1 nitrogen and oxygen atoms in total. The molecular formula is C13H25N. The van der Waals surface area contributed by atoms with Gasteiger partial charge in [0.25, 0.3) is 0 Å². The molecule has 0 aliphatic carbocycles. The first-order valence-corrected chi connectivity index (χ1v) is 5.52. The van der Waals surface area contributed by atoms with E-state index in [4.69, 9.17) is 0 Å². The number of hydrogen-bond donors (Lipinski definition) is 0. The van der Waals surface area contributed by atoms with Gasteiger partial charge in [-0.1, -0.05) is 47.6 Å². The number of allylic oxidation sites excluding steroid dienone is 2. The van der Waals surface area contributed by atoms with Crippen molar-refractivity contribution in [3.05, 3.63) is 11.8 Å². The van der Waals surface area contributed by atoms with Gasteiger partial charge >= 0.3 is 0 Å². The molecule has 0 saturated carbocycles. The van der Waals surface area contributed by atoms with Crippen LogP contribution in [-0.4, -0.2) is 6.21 Å². The second kappa shape index (κ2) is 5.33. The summed E-state index contributed by atoms with van der Waals surface area (Å²) in [6.45, 7) is 15.4. The lowest BCUT2D eigenvalue weighted by molar-refractivity contribution is 0.329. The van der Waals surface area contributed by atoms with Crippen LogP contribution in [0.1, 0.15) is 48.5 Å². The molecule has 0 spiro atoms. The third-order valence-corrected chi connectivity index (χ3v) is 2.88. The van der Waals surface area contributed by atoms with Gasteiger partial charge in [0.05, 0.1) is 0 Å². The van der Waals surface area contributed by atoms with E-state index < -0.39 is 0 Å². The Labute approximate surface area is 89.3 Å². The van der Waals surface area contributed by atoms with Gasteiger partial charge in [-0.2, -0.15) is 0 Å². The molecule has 0 radical (unpaired) electrons. The van der Waals surface area contributed by atoms with Gasteiger partial charge in [-0.05, 0) is 24.2 Å². The van der Waals surface area contributed by atoms with Gasteiger partial charge in [0, 0.05) is 11.9 Å². The standard InChI is InChI=1S/C13H25N/c1-8-14-12(10(2)3)9-13(6,7)11(4)5/h8-11H,1-7H3/b12-9-,14-8-. The maximum atomic E-state index is 4.43. The summed E-state index contributed by atoms with van der Waals surface area (Å²) in [7, 11) is 0. The minimum Gasteiger partial charge on any atom is -0.266 e. The number of hydrogen-bond acceptors (Lipinski definition) is 1. The summed E-state index contributed by atoms with van der Waals surface area (Å²) in [6.07, 6.45) is 4.19. The Kier molecular flexibility index (Phi) is 5.11. The second-order valence-electron chi connectivity index (χ2n) is 5.09. The van der Waals surface area contributed by atoms with Crippen molar-refractivity contribution in [2.75, 3.05) is 0 Å². The summed E-state index contributed by atoms with van der Waals surface area (Å²) >= 11 is 0. The van der Waals surface area contributed by atoms with E-state index in [9.17, 15) is 0 Å². The fourth-order valence-corrected chi connectivity index (χ4v) is 1.05. The number of aliphatic imine (C=N–C) groups is 1. The first kappa shape index (κ1) is 13.4. The van der Waals surface area contributed by atoms with E-state index in [1.807, 2.05) is 13.1 Å². The number of rotatable bonds is 4. The molecule has 14 heavy (non-hydrogen) atoms. The summed E-state index contributed by atoms with van der Waals surface area (Å²) < 4.78 is 0. The van der Waals surface area contributed by atoms with E-state index in [1.165, 1.54) is 5.70 Å². The van der Waals surface area contributed by atoms with Crippen LogP contribution < -0.4 is 0 Å². The molecule has 0 rings (SSSR count). The van der Waals surface area contributed by atoms with Crippen molar-refractivity contribution in [2.24, 2.45) is 22.2 Å². The molecule has 82 valence electrons. The molecule has 0 saturated heterocycles. The van der Waals surface area contributed by atoms with Crippen LogP contribution in [-0.2, 0) is 0 Å². The minimum atomic E-state index is 0.228. The fraction of sp³-hybridized carbons (Fsp3) is 0.769. The van der Waals surface area contributed by atoms with Crippen LogP contribution in [0.3, 0.4) is 0 Å². The third-order valence-electron chi connectivity index (χ3n) is 2.88. The number of nitrogens with zero attached hydrogens (tertiary/aromatic N) is 1. The Morgan fingerprint density at radius 2 is 1.64 bits per heavy atom. The molecule has 0 N–H and O–H groups in total. The molecule has 0 bridgehead atoms. The molecule has 0 amide bonds. The van der Waals surface area contributed by atoms with Gasteiger partial charge in [0.1, 0.15) is 0 Å². The highest BCUT2D eigenvalue weighted by Crippen LogP contribution is 2.30. The van der Waals surface area contributed by atoms with Crippen molar-refractivity contribution >= 4 is 6.21 Å². The van der Waals surface area contributed by atoms with Gasteiger partial charge in [0.2, 0.25) is 0 Å². The van der Waals surface area contributed by atoms with Gasteiger partial charge < -0.3 is 0 Å². The van der Waals surface area contributed by atoms with E-state index in [-0.39, 0.29) is 5.41 Å². The molecule has 0 aliphatic heterocycles. The van der Waals surface area contributed by atoms with Crippen molar-refractivity contribution < 1.29 is 0 Å². The van der Waals surface area contributed by atoms with Crippen LogP contribution in [0.2, 0.25) is 0 Å². The van der Waals surface area contributed by atoms with E-state index in [0.717, 1.165) is 0 Å². The normalized spacial score (nSPS) is 14.8. The van der Waals surface area contributed by atoms with Crippen molar-refractivity contribution in [1.29, 1.82) is 0 Å². The van der Waals surface area contributed by atoms with Crippen molar-refractivity contribution in [2.45, 2.75) is 48.5 Å². The first-order valence-electron chi connectivity index (χ1n) is 5.52. The van der Waals surface area contributed by atoms with E-state index in [2.05, 4.69) is 52.6 Å². The zero-order valence-corrected chi connectivity index (χ0v) is 10.8. The summed E-state index contributed by atoms with van der Waals surface area (Å²) in [6, 6.07) is 0. The molecule has 0 unspecified atom stereocenters. The van der Waals surface area contributed by atoms with Crippen LogP contribution in [0.5, 0.6) is 0 Å². The van der Waals surface area contributed by atoms with E-state index in [1.54, 1.807) is 0 Å². The molecule has 0 aromatic heterocycles. The molecule has 0 heterocycles. The van der Waals surface area contributed by atoms with Crippen LogP contribution in [0.4, 0.5) is 0 Å². The lowest BCUT2D eigenvalue weighted by Gasteiger charge is -2.26. The average Bonchev–Trinajstić information content (AvgIpc) is 2.02. The molecule has 0 aromatic rings. The fourth-order valence-electron chi connectivity index (χ4n) is 1.05.